The second-order valence-electron chi connectivity index (χ2n) is 4.55. The van der Waals surface area contributed by atoms with E-state index in [-0.39, 0.29) is 0 Å². The molecule has 1 unspecified atom stereocenters. The van der Waals surface area contributed by atoms with Crippen molar-refractivity contribution in [3.05, 3.63) is 0 Å². The van der Waals surface area contributed by atoms with Gasteiger partial charge in [-0.1, -0.05) is 19.8 Å². The number of piperazine rings is 1. The van der Waals surface area contributed by atoms with Crippen LogP contribution in [0.25, 0.3) is 0 Å². The van der Waals surface area contributed by atoms with Gasteiger partial charge < -0.3 is 5.32 Å². The molecule has 0 spiro atoms. The van der Waals surface area contributed by atoms with E-state index in [4.69, 9.17) is 0 Å². The molecule has 15 heavy (non-hydrogen) atoms. The third-order valence-corrected chi connectivity index (χ3v) is 3.71. The molecule has 0 amide bonds. The van der Waals surface area contributed by atoms with Crippen molar-refractivity contribution < 1.29 is 0 Å². The fourth-order valence-corrected chi connectivity index (χ4v) is 2.21. The van der Waals surface area contributed by atoms with Gasteiger partial charge in [-0.05, 0) is 26.7 Å². The molecule has 1 aliphatic heterocycles. The molecule has 0 saturated carbocycles. The lowest BCUT2D eigenvalue weighted by Crippen LogP contribution is -2.63. The molecule has 1 aliphatic rings. The molecular formula is C13H24N2. The Bertz CT molecular complexity index is 245. The smallest absolute Gasteiger partial charge is 0.0604 e. The monoisotopic (exact) mass is 208 g/mol. The van der Waals surface area contributed by atoms with Crippen LogP contribution in [0.5, 0.6) is 0 Å². The summed E-state index contributed by atoms with van der Waals surface area (Å²) >= 11 is 0. The van der Waals surface area contributed by atoms with Crippen molar-refractivity contribution in [3.63, 3.8) is 0 Å². The third kappa shape index (κ3) is 2.96. The highest BCUT2D eigenvalue weighted by molar-refractivity contribution is 5.03. The summed E-state index contributed by atoms with van der Waals surface area (Å²) in [4.78, 5) is 2.50. The van der Waals surface area contributed by atoms with Gasteiger partial charge in [0.25, 0.3) is 0 Å². The lowest BCUT2D eigenvalue weighted by atomic mass is 9.89. The van der Waals surface area contributed by atoms with Gasteiger partial charge in [-0.3, -0.25) is 4.90 Å². The molecule has 0 bridgehead atoms. The van der Waals surface area contributed by atoms with Gasteiger partial charge in [0.05, 0.1) is 6.54 Å². The lowest BCUT2D eigenvalue weighted by Gasteiger charge is -2.46. The van der Waals surface area contributed by atoms with E-state index in [0.29, 0.717) is 11.6 Å². The first-order valence-corrected chi connectivity index (χ1v) is 6.06. The molecule has 1 fully saturated rings. The molecule has 1 rings (SSSR count). The molecule has 0 aliphatic carbocycles. The van der Waals surface area contributed by atoms with Crippen molar-refractivity contribution in [2.75, 3.05) is 19.6 Å². The number of nitrogens with one attached hydrogen (secondary N) is 1. The zero-order valence-corrected chi connectivity index (χ0v) is 10.6. The van der Waals surface area contributed by atoms with Gasteiger partial charge >= 0.3 is 0 Å². The molecule has 1 saturated heterocycles. The Balaban J connectivity index is 2.64. The zero-order valence-electron chi connectivity index (χ0n) is 10.6. The van der Waals surface area contributed by atoms with Crippen molar-refractivity contribution in [3.8, 4) is 11.8 Å². The van der Waals surface area contributed by atoms with Crippen LogP contribution in [-0.2, 0) is 0 Å². The quantitative estimate of drug-likeness (QED) is 0.712. The molecule has 1 atom stereocenters. The highest BCUT2D eigenvalue weighted by Gasteiger charge is 2.34. The molecule has 1 N–H and O–H groups in total. The number of nitrogens with zero attached hydrogens (tertiary/aromatic N) is 1. The minimum Gasteiger partial charge on any atom is -0.308 e. The second kappa shape index (κ2) is 5.53. The van der Waals surface area contributed by atoms with Crippen molar-refractivity contribution >= 4 is 0 Å². The number of hydrogen-bond acceptors (Lipinski definition) is 2. The largest absolute Gasteiger partial charge is 0.308 e. The minimum atomic E-state index is 0.321. The molecule has 2 heteroatoms. The fourth-order valence-electron chi connectivity index (χ4n) is 2.21. The van der Waals surface area contributed by atoms with E-state index in [0.717, 1.165) is 19.6 Å². The fraction of sp³-hybridized carbons (Fsp3) is 0.846. The molecule has 86 valence electrons. The predicted molar refractivity (Wildman–Crippen MR) is 65.8 cm³/mol. The summed E-state index contributed by atoms with van der Waals surface area (Å²) in [6, 6.07) is 0.608. The maximum Gasteiger partial charge on any atom is 0.0604 e. The average molecular weight is 208 g/mol. The van der Waals surface area contributed by atoms with Crippen LogP contribution in [0.1, 0.15) is 40.5 Å². The standard InChI is InChI=1S/C13H24N2/c1-5-8-9-15-11-13(6-2,7-3)14-10-12(15)4/h12,14H,6-7,9-11H2,1-4H3. The summed E-state index contributed by atoms with van der Waals surface area (Å²) in [5.41, 5.74) is 0.321. The summed E-state index contributed by atoms with van der Waals surface area (Å²) < 4.78 is 0. The van der Waals surface area contributed by atoms with Crippen LogP contribution in [0.4, 0.5) is 0 Å². The van der Waals surface area contributed by atoms with Crippen LogP contribution < -0.4 is 5.32 Å². The molecule has 1 heterocycles. The van der Waals surface area contributed by atoms with E-state index in [1.165, 1.54) is 12.8 Å². The number of rotatable bonds is 3. The van der Waals surface area contributed by atoms with E-state index < -0.39 is 0 Å². The van der Waals surface area contributed by atoms with E-state index in [2.05, 4.69) is 42.8 Å². The first kappa shape index (κ1) is 12.5. The van der Waals surface area contributed by atoms with Crippen LogP contribution in [0.15, 0.2) is 0 Å². The first-order chi connectivity index (χ1) is 7.17. The molecule has 0 aromatic carbocycles. The predicted octanol–water partition coefficient (Wildman–Crippen LogP) is 1.86. The average Bonchev–Trinajstić information content (AvgIpc) is 2.29. The number of hydrogen-bond donors (Lipinski definition) is 1. The third-order valence-electron chi connectivity index (χ3n) is 3.71. The topological polar surface area (TPSA) is 15.3 Å². The summed E-state index contributed by atoms with van der Waals surface area (Å²) in [6.45, 7) is 11.9. The summed E-state index contributed by atoms with van der Waals surface area (Å²) in [6.07, 6.45) is 2.40. The van der Waals surface area contributed by atoms with Gasteiger partial charge in [-0.15, -0.1) is 5.92 Å². The van der Waals surface area contributed by atoms with Crippen molar-refractivity contribution in [1.29, 1.82) is 0 Å². The Morgan fingerprint density at radius 2 is 2.07 bits per heavy atom. The summed E-state index contributed by atoms with van der Waals surface area (Å²) in [7, 11) is 0. The van der Waals surface area contributed by atoms with Crippen LogP contribution in [0.3, 0.4) is 0 Å². The van der Waals surface area contributed by atoms with Gasteiger partial charge in [0.2, 0.25) is 0 Å². The van der Waals surface area contributed by atoms with Gasteiger partial charge in [0.15, 0.2) is 0 Å². The molecule has 0 aromatic rings. The minimum absolute atomic E-state index is 0.321. The Morgan fingerprint density at radius 1 is 1.40 bits per heavy atom. The molecular weight excluding hydrogens is 184 g/mol. The SMILES string of the molecule is CC#CCN1CC(CC)(CC)NCC1C. The van der Waals surface area contributed by atoms with Gasteiger partial charge in [-0.2, -0.15) is 0 Å². The van der Waals surface area contributed by atoms with Crippen molar-refractivity contribution in [1.82, 2.24) is 10.2 Å². The van der Waals surface area contributed by atoms with Crippen molar-refractivity contribution in [2.45, 2.75) is 52.1 Å². The Labute approximate surface area is 94.4 Å². The van der Waals surface area contributed by atoms with Gasteiger partial charge in [0, 0.05) is 24.7 Å². The Hall–Kier alpha value is -0.520. The van der Waals surface area contributed by atoms with E-state index in [1.807, 2.05) is 6.92 Å². The lowest BCUT2D eigenvalue weighted by molar-refractivity contribution is 0.0932. The van der Waals surface area contributed by atoms with Crippen molar-refractivity contribution in [2.24, 2.45) is 0 Å². The highest BCUT2D eigenvalue weighted by Crippen LogP contribution is 2.22. The Kier molecular flexibility index (Phi) is 4.63. The second-order valence-corrected chi connectivity index (χ2v) is 4.55. The van der Waals surface area contributed by atoms with Crippen LogP contribution in [0.2, 0.25) is 0 Å². The summed E-state index contributed by atoms with van der Waals surface area (Å²) in [5.74, 6) is 6.17. The van der Waals surface area contributed by atoms with Crippen LogP contribution >= 0.6 is 0 Å². The Morgan fingerprint density at radius 3 is 2.60 bits per heavy atom. The van der Waals surface area contributed by atoms with E-state index in [9.17, 15) is 0 Å². The highest BCUT2D eigenvalue weighted by atomic mass is 15.2. The zero-order chi connectivity index (χ0) is 11.3. The van der Waals surface area contributed by atoms with Gasteiger partial charge in [-0.25, -0.2) is 0 Å². The normalized spacial score (nSPS) is 25.7. The molecule has 0 radical (unpaired) electrons. The molecule has 2 nitrogen and oxygen atoms in total. The maximum absolute atomic E-state index is 3.70. The van der Waals surface area contributed by atoms with Crippen LogP contribution in [-0.4, -0.2) is 36.1 Å². The molecule has 0 aromatic heterocycles. The van der Waals surface area contributed by atoms with Crippen LogP contribution in [0, 0.1) is 11.8 Å². The van der Waals surface area contributed by atoms with E-state index in [1.54, 1.807) is 0 Å². The van der Waals surface area contributed by atoms with E-state index >= 15 is 0 Å². The summed E-state index contributed by atoms with van der Waals surface area (Å²) in [5, 5.41) is 3.70. The first-order valence-electron chi connectivity index (χ1n) is 6.06. The van der Waals surface area contributed by atoms with Gasteiger partial charge in [0.1, 0.15) is 0 Å². The maximum atomic E-state index is 3.70.